The van der Waals surface area contributed by atoms with Crippen LogP contribution in [-0.2, 0) is 4.74 Å². The van der Waals surface area contributed by atoms with Crippen molar-refractivity contribution in [1.82, 2.24) is 4.98 Å². The second-order valence-corrected chi connectivity index (χ2v) is 7.49. The van der Waals surface area contributed by atoms with Gasteiger partial charge in [0.25, 0.3) is 0 Å². The topological polar surface area (TPSA) is 62.7 Å². The molecule has 1 aromatic heterocycles. The zero-order valence-corrected chi connectivity index (χ0v) is 16.3. The van der Waals surface area contributed by atoms with E-state index in [0.717, 1.165) is 48.3 Å². The monoisotopic (exact) mass is 394 g/mol. The van der Waals surface area contributed by atoms with E-state index in [0.29, 0.717) is 18.0 Å². The molecular weight excluding hydrogens is 371 g/mol. The molecule has 1 N–H and O–H groups in total. The van der Waals surface area contributed by atoms with Gasteiger partial charge >= 0.3 is 5.97 Å². The number of carboxylic acid groups (broad SMARTS) is 1. The molecule has 5 nitrogen and oxygen atoms in total. The highest BCUT2D eigenvalue weighted by Crippen LogP contribution is 2.35. The number of nitrogens with zero attached hydrogens (tertiary/aromatic N) is 2. The highest BCUT2D eigenvalue weighted by atomic mass is 19.1. The number of aromatic nitrogens is 1. The highest BCUT2D eigenvalue weighted by molar-refractivity contribution is 5.96. The summed E-state index contributed by atoms with van der Waals surface area (Å²) in [5.74, 6) is -0.828. The zero-order chi connectivity index (χ0) is 20.4. The standard InChI is InChI=1S/C23H23FN2O3/c1-29-14-15-3-2-10-26(13-15)21-12-18-11-17(23(27)28)6-9-20(18)25-22(21)16-4-7-19(24)8-5-16/h4-9,11-12,15H,2-3,10,13-14H2,1H3,(H,27,28). The maximum atomic E-state index is 13.5. The molecule has 0 bridgehead atoms. The summed E-state index contributed by atoms with van der Waals surface area (Å²) in [6.07, 6.45) is 2.16. The van der Waals surface area contributed by atoms with Crippen molar-refractivity contribution >= 4 is 22.6 Å². The zero-order valence-electron chi connectivity index (χ0n) is 16.3. The van der Waals surface area contributed by atoms with Crippen LogP contribution in [0.5, 0.6) is 0 Å². The van der Waals surface area contributed by atoms with E-state index in [2.05, 4.69) is 4.90 Å². The van der Waals surface area contributed by atoms with Gasteiger partial charge in [-0.25, -0.2) is 14.2 Å². The number of pyridine rings is 1. The number of hydrogen-bond donors (Lipinski definition) is 1. The summed E-state index contributed by atoms with van der Waals surface area (Å²) in [4.78, 5) is 18.5. The Morgan fingerprint density at radius 2 is 2.03 bits per heavy atom. The Morgan fingerprint density at radius 3 is 2.76 bits per heavy atom. The minimum atomic E-state index is -0.964. The van der Waals surface area contributed by atoms with Crippen LogP contribution < -0.4 is 4.90 Å². The molecule has 1 aliphatic rings. The number of ether oxygens (including phenoxy) is 1. The van der Waals surface area contributed by atoms with Gasteiger partial charge in [0.1, 0.15) is 5.82 Å². The van der Waals surface area contributed by atoms with Gasteiger partial charge < -0.3 is 14.7 Å². The van der Waals surface area contributed by atoms with Crippen LogP contribution in [-0.4, -0.2) is 42.9 Å². The predicted molar refractivity (Wildman–Crippen MR) is 111 cm³/mol. The Morgan fingerprint density at radius 1 is 1.24 bits per heavy atom. The molecule has 1 unspecified atom stereocenters. The van der Waals surface area contributed by atoms with Crippen LogP contribution in [0, 0.1) is 11.7 Å². The second-order valence-electron chi connectivity index (χ2n) is 7.49. The molecule has 1 atom stereocenters. The Kier molecular flexibility index (Phi) is 5.45. The molecule has 0 amide bonds. The maximum Gasteiger partial charge on any atom is 0.335 e. The van der Waals surface area contributed by atoms with Crippen LogP contribution in [0.2, 0.25) is 0 Å². The van der Waals surface area contributed by atoms with Gasteiger partial charge in [-0.05, 0) is 67.3 Å². The molecule has 2 heterocycles. The first-order chi connectivity index (χ1) is 14.0. The molecule has 29 heavy (non-hydrogen) atoms. The summed E-state index contributed by atoms with van der Waals surface area (Å²) in [7, 11) is 1.72. The average molecular weight is 394 g/mol. The van der Waals surface area contributed by atoms with Gasteiger partial charge in [-0.1, -0.05) is 0 Å². The van der Waals surface area contributed by atoms with Crippen molar-refractivity contribution < 1.29 is 19.0 Å². The first kappa shape index (κ1) is 19.3. The first-order valence-electron chi connectivity index (χ1n) is 9.73. The minimum absolute atomic E-state index is 0.232. The van der Waals surface area contributed by atoms with E-state index in [1.165, 1.54) is 12.1 Å². The summed E-state index contributed by atoms with van der Waals surface area (Å²) < 4.78 is 18.8. The number of piperidine rings is 1. The van der Waals surface area contributed by atoms with Crippen LogP contribution >= 0.6 is 0 Å². The third-order valence-electron chi connectivity index (χ3n) is 5.42. The number of hydrogen-bond acceptors (Lipinski definition) is 4. The third-order valence-corrected chi connectivity index (χ3v) is 5.42. The van der Waals surface area contributed by atoms with E-state index in [1.54, 1.807) is 37.4 Å². The van der Waals surface area contributed by atoms with Gasteiger partial charge in [0.15, 0.2) is 0 Å². The number of methoxy groups -OCH3 is 1. The number of halogens is 1. The molecule has 4 rings (SSSR count). The van der Waals surface area contributed by atoms with E-state index in [-0.39, 0.29) is 11.4 Å². The molecule has 0 aliphatic carbocycles. The maximum absolute atomic E-state index is 13.5. The van der Waals surface area contributed by atoms with E-state index in [9.17, 15) is 14.3 Å². The Labute approximate surface area is 168 Å². The third kappa shape index (κ3) is 4.07. The van der Waals surface area contributed by atoms with Gasteiger partial charge in [0.05, 0.1) is 29.1 Å². The minimum Gasteiger partial charge on any atom is -0.478 e. The molecule has 3 aromatic rings. The van der Waals surface area contributed by atoms with Crippen LogP contribution in [0.15, 0.2) is 48.5 Å². The van der Waals surface area contributed by atoms with Gasteiger partial charge in [-0.3, -0.25) is 0 Å². The lowest BCUT2D eigenvalue weighted by Gasteiger charge is -2.35. The van der Waals surface area contributed by atoms with Gasteiger partial charge in [-0.2, -0.15) is 0 Å². The normalized spacial score (nSPS) is 16.9. The second kappa shape index (κ2) is 8.17. The van der Waals surface area contributed by atoms with Crippen LogP contribution in [0.25, 0.3) is 22.2 Å². The van der Waals surface area contributed by atoms with Crippen molar-refractivity contribution in [2.75, 3.05) is 31.7 Å². The molecule has 6 heteroatoms. The average Bonchev–Trinajstić information content (AvgIpc) is 2.73. The molecule has 0 spiro atoms. The highest BCUT2D eigenvalue weighted by Gasteiger charge is 2.23. The van der Waals surface area contributed by atoms with Crippen molar-refractivity contribution in [3.05, 3.63) is 59.9 Å². The molecule has 1 aliphatic heterocycles. The van der Waals surface area contributed by atoms with Crippen LogP contribution in [0.4, 0.5) is 10.1 Å². The molecule has 150 valence electrons. The van der Waals surface area contributed by atoms with Gasteiger partial charge in [0, 0.05) is 31.1 Å². The summed E-state index contributed by atoms with van der Waals surface area (Å²) in [5.41, 5.74) is 3.49. The number of aromatic carboxylic acids is 1. The number of carboxylic acids is 1. The predicted octanol–water partition coefficient (Wildman–Crippen LogP) is 4.60. The number of fused-ring (bicyclic) bond motifs is 1. The summed E-state index contributed by atoms with van der Waals surface area (Å²) in [6.45, 7) is 2.43. The van der Waals surface area contributed by atoms with E-state index >= 15 is 0 Å². The Bertz CT molecular complexity index is 1030. The van der Waals surface area contributed by atoms with Crippen molar-refractivity contribution in [2.24, 2.45) is 5.92 Å². The fourth-order valence-corrected chi connectivity index (χ4v) is 4.02. The number of anilines is 1. The number of benzene rings is 2. The largest absolute Gasteiger partial charge is 0.478 e. The molecule has 0 saturated carbocycles. The Balaban J connectivity index is 1.84. The van der Waals surface area contributed by atoms with E-state index in [1.807, 2.05) is 6.07 Å². The van der Waals surface area contributed by atoms with E-state index in [4.69, 9.17) is 9.72 Å². The Hall–Kier alpha value is -2.99. The van der Waals surface area contributed by atoms with Gasteiger partial charge in [-0.15, -0.1) is 0 Å². The molecule has 2 aromatic carbocycles. The number of rotatable bonds is 5. The molecular formula is C23H23FN2O3. The number of carbonyl (C=O) groups is 1. The van der Waals surface area contributed by atoms with Crippen molar-refractivity contribution in [1.29, 1.82) is 0 Å². The lowest BCUT2D eigenvalue weighted by molar-refractivity contribution is 0.0697. The smallest absolute Gasteiger partial charge is 0.335 e. The van der Waals surface area contributed by atoms with Crippen molar-refractivity contribution in [3.8, 4) is 11.3 Å². The fraction of sp³-hybridized carbons (Fsp3) is 0.304. The molecule has 1 fully saturated rings. The first-order valence-corrected chi connectivity index (χ1v) is 9.73. The lowest BCUT2D eigenvalue weighted by atomic mass is 9.97. The lowest BCUT2D eigenvalue weighted by Crippen LogP contribution is -2.37. The van der Waals surface area contributed by atoms with Gasteiger partial charge in [0.2, 0.25) is 0 Å². The van der Waals surface area contributed by atoms with Crippen LogP contribution in [0.1, 0.15) is 23.2 Å². The molecule has 1 saturated heterocycles. The quantitative estimate of drug-likeness (QED) is 0.685. The summed E-state index contributed by atoms with van der Waals surface area (Å²) in [5, 5.41) is 10.1. The summed E-state index contributed by atoms with van der Waals surface area (Å²) >= 11 is 0. The SMILES string of the molecule is COCC1CCCN(c2cc3cc(C(=O)O)ccc3nc2-c2ccc(F)cc2)C1. The van der Waals surface area contributed by atoms with Crippen molar-refractivity contribution in [2.45, 2.75) is 12.8 Å². The van der Waals surface area contributed by atoms with E-state index < -0.39 is 5.97 Å². The molecule has 0 radical (unpaired) electrons. The fourth-order valence-electron chi connectivity index (χ4n) is 4.02. The van der Waals surface area contributed by atoms with Crippen molar-refractivity contribution in [3.63, 3.8) is 0 Å². The van der Waals surface area contributed by atoms with Crippen LogP contribution in [0.3, 0.4) is 0 Å². The summed E-state index contributed by atoms with van der Waals surface area (Å²) in [6, 6.07) is 13.3.